The zero-order valence-electron chi connectivity index (χ0n) is 8.66. The monoisotopic (exact) mass is 299 g/mol. The molecule has 0 atom stereocenters. The fourth-order valence-electron chi connectivity index (χ4n) is 1.49. The van der Waals surface area contributed by atoms with Crippen LogP contribution in [0.2, 0.25) is 0 Å². The van der Waals surface area contributed by atoms with Crippen LogP contribution < -0.4 is 5.56 Å². The van der Waals surface area contributed by atoms with Crippen molar-refractivity contribution in [3.05, 3.63) is 68.6 Å². The molecule has 2 rings (SSSR count). The summed E-state index contributed by atoms with van der Waals surface area (Å²) in [6.07, 6.45) is 1.53. The first-order valence-electron chi connectivity index (χ1n) is 4.87. The number of halogens is 3. The first-order chi connectivity index (χ1) is 8.09. The molecule has 0 N–H and O–H groups in total. The van der Waals surface area contributed by atoms with Gasteiger partial charge in [0.15, 0.2) is 11.6 Å². The number of hydrogen-bond acceptors (Lipinski definition) is 1. The van der Waals surface area contributed by atoms with Crippen molar-refractivity contribution in [2.75, 3.05) is 0 Å². The van der Waals surface area contributed by atoms with Gasteiger partial charge < -0.3 is 4.57 Å². The highest BCUT2D eigenvalue weighted by Gasteiger charge is 2.09. The topological polar surface area (TPSA) is 22.0 Å². The lowest BCUT2D eigenvalue weighted by Crippen LogP contribution is -2.20. The Morgan fingerprint density at radius 1 is 1.18 bits per heavy atom. The average Bonchev–Trinajstić information content (AvgIpc) is 2.31. The summed E-state index contributed by atoms with van der Waals surface area (Å²) >= 11 is 3.09. The molecule has 1 heterocycles. The Morgan fingerprint density at radius 3 is 2.71 bits per heavy atom. The number of pyridine rings is 1. The lowest BCUT2D eigenvalue weighted by atomic mass is 10.2. The van der Waals surface area contributed by atoms with E-state index in [0.717, 1.165) is 6.07 Å². The standard InChI is InChI=1S/C12H8BrF2NO/c13-9-4-2-6-16(12(9)17)7-8-3-1-5-10(14)11(8)15/h1-6H,7H2. The summed E-state index contributed by atoms with van der Waals surface area (Å²) in [6.45, 7) is 0.00185. The molecular formula is C12H8BrF2NO. The lowest BCUT2D eigenvalue weighted by molar-refractivity contribution is 0.494. The van der Waals surface area contributed by atoms with E-state index in [4.69, 9.17) is 0 Å². The van der Waals surface area contributed by atoms with E-state index in [1.54, 1.807) is 12.1 Å². The SMILES string of the molecule is O=c1c(Br)cccn1Cc1cccc(F)c1F. The Labute approximate surface area is 105 Å². The minimum Gasteiger partial charge on any atom is -0.310 e. The smallest absolute Gasteiger partial charge is 0.265 e. The second-order valence-electron chi connectivity index (χ2n) is 3.50. The first-order valence-corrected chi connectivity index (χ1v) is 5.67. The molecule has 0 saturated carbocycles. The van der Waals surface area contributed by atoms with Gasteiger partial charge in [-0.05, 0) is 34.1 Å². The zero-order valence-corrected chi connectivity index (χ0v) is 10.2. The van der Waals surface area contributed by atoms with Crippen molar-refractivity contribution in [3.63, 3.8) is 0 Å². The Morgan fingerprint density at radius 2 is 1.94 bits per heavy atom. The van der Waals surface area contributed by atoms with Crippen LogP contribution in [0, 0.1) is 11.6 Å². The maximum atomic E-state index is 13.4. The van der Waals surface area contributed by atoms with Gasteiger partial charge in [-0.3, -0.25) is 4.79 Å². The minimum absolute atomic E-state index is 0.00185. The molecule has 0 radical (unpaired) electrons. The van der Waals surface area contributed by atoms with Gasteiger partial charge in [0.05, 0.1) is 11.0 Å². The highest BCUT2D eigenvalue weighted by molar-refractivity contribution is 9.10. The third-order valence-corrected chi connectivity index (χ3v) is 2.95. The van der Waals surface area contributed by atoms with Crippen LogP contribution in [0.25, 0.3) is 0 Å². The molecule has 17 heavy (non-hydrogen) atoms. The molecule has 0 saturated heterocycles. The summed E-state index contributed by atoms with van der Waals surface area (Å²) in [5, 5.41) is 0. The summed E-state index contributed by atoms with van der Waals surface area (Å²) in [4.78, 5) is 11.7. The van der Waals surface area contributed by atoms with Gasteiger partial charge in [-0.25, -0.2) is 8.78 Å². The predicted octanol–water partition coefficient (Wildman–Crippen LogP) is 2.94. The number of rotatable bonds is 2. The van der Waals surface area contributed by atoms with Gasteiger partial charge in [0.1, 0.15) is 0 Å². The van der Waals surface area contributed by atoms with Crippen LogP contribution in [0.5, 0.6) is 0 Å². The summed E-state index contributed by atoms with van der Waals surface area (Å²) < 4.78 is 28.1. The Hall–Kier alpha value is -1.49. The second-order valence-corrected chi connectivity index (χ2v) is 4.36. The van der Waals surface area contributed by atoms with E-state index in [0.29, 0.717) is 4.47 Å². The van der Waals surface area contributed by atoms with Crippen molar-refractivity contribution >= 4 is 15.9 Å². The lowest BCUT2D eigenvalue weighted by Gasteiger charge is -2.07. The highest BCUT2D eigenvalue weighted by atomic mass is 79.9. The normalized spacial score (nSPS) is 10.5. The van der Waals surface area contributed by atoms with Crippen molar-refractivity contribution in [1.82, 2.24) is 4.57 Å². The van der Waals surface area contributed by atoms with E-state index in [1.807, 2.05) is 0 Å². The molecule has 0 fully saturated rings. The average molecular weight is 300 g/mol. The van der Waals surface area contributed by atoms with Crippen LogP contribution in [0.3, 0.4) is 0 Å². The van der Waals surface area contributed by atoms with E-state index in [1.165, 1.54) is 22.9 Å². The molecule has 0 aliphatic carbocycles. The molecule has 0 amide bonds. The Balaban J connectivity index is 2.42. The second kappa shape index (κ2) is 4.79. The van der Waals surface area contributed by atoms with E-state index >= 15 is 0 Å². The maximum Gasteiger partial charge on any atom is 0.265 e. The summed E-state index contributed by atoms with van der Waals surface area (Å²) in [5.74, 6) is -1.83. The summed E-state index contributed by atoms with van der Waals surface area (Å²) in [6, 6.07) is 7.16. The Bertz CT molecular complexity index is 610. The van der Waals surface area contributed by atoms with Gasteiger partial charge >= 0.3 is 0 Å². The molecule has 0 bridgehead atoms. The van der Waals surface area contributed by atoms with Crippen LogP contribution in [0.15, 0.2) is 45.8 Å². The van der Waals surface area contributed by atoms with Crippen LogP contribution in [-0.2, 0) is 6.54 Å². The van der Waals surface area contributed by atoms with Crippen LogP contribution >= 0.6 is 15.9 Å². The van der Waals surface area contributed by atoms with Crippen molar-refractivity contribution in [3.8, 4) is 0 Å². The van der Waals surface area contributed by atoms with E-state index in [2.05, 4.69) is 15.9 Å². The van der Waals surface area contributed by atoms with Crippen molar-refractivity contribution in [1.29, 1.82) is 0 Å². The third kappa shape index (κ3) is 2.44. The molecule has 0 aliphatic rings. The number of nitrogens with zero attached hydrogens (tertiary/aromatic N) is 1. The van der Waals surface area contributed by atoms with E-state index in [9.17, 15) is 13.6 Å². The molecule has 5 heteroatoms. The van der Waals surface area contributed by atoms with Gasteiger partial charge in [-0.1, -0.05) is 12.1 Å². The van der Waals surface area contributed by atoms with Gasteiger partial charge in [-0.15, -0.1) is 0 Å². The number of hydrogen-bond donors (Lipinski definition) is 0. The third-order valence-electron chi connectivity index (χ3n) is 2.35. The van der Waals surface area contributed by atoms with E-state index < -0.39 is 11.6 Å². The van der Waals surface area contributed by atoms with Crippen molar-refractivity contribution < 1.29 is 8.78 Å². The fourth-order valence-corrected chi connectivity index (χ4v) is 1.87. The molecule has 2 nitrogen and oxygen atoms in total. The largest absolute Gasteiger partial charge is 0.310 e. The molecule has 1 aromatic heterocycles. The molecule has 0 aliphatic heterocycles. The predicted molar refractivity (Wildman–Crippen MR) is 63.9 cm³/mol. The molecule has 1 aromatic carbocycles. The van der Waals surface area contributed by atoms with E-state index in [-0.39, 0.29) is 17.7 Å². The molecule has 0 unspecified atom stereocenters. The maximum absolute atomic E-state index is 13.4. The van der Waals surface area contributed by atoms with Crippen LogP contribution in [0.1, 0.15) is 5.56 Å². The highest BCUT2D eigenvalue weighted by Crippen LogP contribution is 2.12. The number of aromatic nitrogens is 1. The van der Waals surface area contributed by atoms with Gasteiger partial charge in [0.25, 0.3) is 5.56 Å². The van der Waals surface area contributed by atoms with Crippen LogP contribution in [-0.4, -0.2) is 4.57 Å². The van der Waals surface area contributed by atoms with Crippen LogP contribution in [0.4, 0.5) is 8.78 Å². The zero-order chi connectivity index (χ0) is 12.4. The summed E-state index contributed by atoms with van der Waals surface area (Å²) in [5.41, 5.74) is -0.138. The van der Waals surface area contributed by atoms with Gasteiger partial charge in [0, 0.05) is 11.8 Å². The van der Waals surface area contributed by atoms with Gasteiger partial charge in [-0.2, -0.15) is 0 Å². The van der Waals surface area contributed by atoms with Crippen molar-refractivity contribution in [2.24, 2.45) is 0 Å². The fraction of sp³-hybridized carbons (Fsp3) is 0.0833. The minimum atomic E-state index is -0.917. The van der Waals surface area contributed by atoms with Gasteiger partial charge in [0.2, 0.25) is 0 Å². The molecule has 88 valence electrons. The Kier molecular flexibility index (Phi) is 3.38. The first kappa shape index (κ1) is 12.0. The van der Waals surface area contributed by atoms with Crippen molar-refractivity contribution in [2.45, 2.75) is 6.54 Å². The summed E-state index contributed by atoms with van der Waals surface area (Å²) in [7, 11) is 0. The quantitative estimate of drug-likeness (QED) is 0.836. The number of benzene rings is 1. The molecule has 0 spiro atoms. The molecule has 2 aromatic rings. The molecular weight excluding hydrogens is 292 g/mol.